The van der Waals surface area contributed by atoms with Crippen LogP contribution in [-0.2, 0) is 0 Å². The molecule has 0 spiro atoms. The molecule has 0 atom stereocenters. The lowest BCUT2D eigenvalue weighted by Gasteiger charge is -2.60. The van der Waals surface area contributed by atoms with Crippen LogP contribution in [0, 0.1) is 3.57 Å². The lowest BCUT2D eigenvalue weighted by Crippen LogP contribution is -2.79. The highest BCUT2D eigenvalue weighted by Crippen LogP contribution is 2.29. The van der Waals surface area contributed by atoms with Gasteiger partial charge in [-0.25, -0.2) is 14.7 Å². The Morgan fingerprint density at radius 2 is 1.57 bits per heavy atom. The number of hydrogen-bond donors (Lipinski definition) is 1. The highest BCUT2D eigenvalue weighted by molar-refractivity contribution is 14.1. The standard InChI is InChI=1S/C14H18IN5O/c15-13-3-1-12(2-4-13)14(16-21)5-20-9-17-6-18(10-20)8-19(7-17)11-20/h1-4H,5-11H2/p+1/b16-14+. The van der Waals surface area contributed by atoms with Crippen LogP contribution in [0.2, 0.25) is 0 Å². The molecule has 0 aliphatic carbocycles. The van der Waals surface area contributed by atoms with Crippen molar-refractivity contribution in [3.8, 4) is 0 Å². The summed E-state index contributed by atoms with van der Waals surface area (Å²) in [6.45, 7) is 7.16. The summed E-state index contributed by atoms with van der Waals surface area (Å²) in [5, 5.41) is 13.1. The number of nitrogens with zero attached hydrogens (tertiary/aromatic N) is 5. The van der Waals surface area contributed by atoms with Crippen molar-refractivity contribution in [1.29, 1.82) is 0 Å². The topological polar surface area (TPSA) is 42.3 Å². The van der Waals surface area contributed by atoms with Crippen LogP contribution in [0.5, 0.6) is 0 Å². The fourth-order valence-corrected chi connectivity index (χ4v) is 4.31. The van der Waals surface area contributed by atoms with Crippen LogP contribution < -0.4 is 0 Å². The number of benzene rings is 1. The Labute approximate surface area is 137 Å². The summed E-state index contributed by atoms with van der Waals surface area (Å²) < 4.78 is 2.15. The molecule has 7 heteroatoms. The summed E-state index contributed by atoms with van der Waals surface area (Å²) in [6.07, 6.45) is 0. The Morgan fingerprint density at radius 1 is 1.05 bits per heavy atom. The van der Waals surface area contributed by atoms with Crippen LogP contribution in [0.15, 0.2) is 29.4 Å². The minimum Gasteiger partial charge on any atom is -0.410 e. The number of hydrogen-bond acceptors (Lipinski definition) is 5. The van der Waals surface area contributed by atoms with E-state index in [-0.39, 0.29) is 0 Å². The fraction of sp³-hybridized carbons (Fsp3) is 0.500. The van der Waals surface area contributed by atoms with Gasteiger partial charge in [0.15, 0.2) is 0 Å². The second-order valence-corrected chi connectivity index (χ2v) is 7.66. The lowest BCUT2D eigenvalue weighted by molar-refractivity contribution is -0.972. The first-order valence-corrected chi connectivity index (χ1v) is 8.23. The maximum absolute atomic E-state index is 9.49. The lowest BCUT2D eigenvalue weighted by atomic mass is 10.1. The van der Waals surface area contributed by atoms with Gasteiger partial charge in [-0.05, 0) is 34.7 Å². The van der Waals surface area contributed by atoms with Crippen molar-refractivity contribution in [3.05, 3.63) is 33.4 Å². The molecular weight excluding hydrogens is 381 g/mol. The van der Waals surface area contributed by atoms with Gasteiger partial charge in [0.05, 0.1) is 20.0 Å². The van der Waals surface area contributed by atoms with Crippen molar-refractivity contribution in [3.63, 3.8) is 0 Å². The van der Waals surface area contributed by atoms with Gasteiger partial charge in [-0.2, -0.15) is 0 Å². The van der Waals surface area contributed by atoms with E-state index in [1.807, 2.05) is 12.1 Å². The van der Waals surface area contributed by atoms with Gasteiger partial charge in [0, 0.05) is 9.13 Å². The van der Waals surface area contributed by atoms with Gasteiger partial charge in [-0.1, -0.05) is 17.3 Å². The Morgan fingerprint density at radius 3 is 2.05 bits per heavy atom. The van der Waals surface area contributed by atoms with E-state index >= 15 is 0 Å². The largest absolute Gasteiger partial charge is 0.410 e. The van der Waals surface area contributed by atoms with E-state index in [9.17, 15) is 5.21 Å². The molecule has 4 heterocycles. The van der Waals surface area contributed by atoms with Crippen LogP contribution in [0.1, 0.15) is 5.56 Å². The highest BCUT2D eigenvalue weighted by atomic mass is 127. The number of quaternary nitrogens is 1. The monoisotopic (exact) mass is 400 g/mol. The second-order valence-electron chi connectivity index (χ2n) is 6.41. The third-order valence-electron chi connectivity index (χ3n) is 4.48. The van der Waals surface area contributed by atoms with Gasteiger partial charge < -0.3 is 5.21 Å². The molecular formula is C14H19IN5O+. The third kappa shape index (κ3) is 2.57. The molecule has 4 aliphatic heterocycles. The second kappa shape index (κ2) is 5.17. The van der Waals surface area contributed by atoms with E-state index in [4.69, 9.17) is 0 Å². The van der Waals surface area contributed by atoms with Gasteiger partial charge >= 0.3 is 0 Å². The molecule has 0 aromatic heterocycles. The fourth-order valence-electron chi connectivity index (χ4n) is 3.95. The van der Waals surface area contributed by atoms with E-state index in [2.05, 4.69) is 54.6 Å². The van der Waals surface area contributed by atoms with Gasteiger partial charge in [0.25, 0.3) is 0 Å². The van der Waals surface area contributed by atoms with Crippen LogP contribution in [0.3, 0.4) is 0 Å². The van der Waals surface area contributed by atoms with E-state index in [1.165, 1.54) is 3.57 Å². The molecule has 0 amide bonds. The molecule has 6 nitrogen and oxygen atoms in total. The average molecular weight is 400 g/mol. The maximum atomic E-state index is 9.49. The predicted octanol–water partition coefficient (Wildman–Crippen LogP) is 0.978. The summed E-state index contributed by atoms with van der Waals surface area (Å²) in [6, 6.07) is 8.21. The molecule has 1 aromatic carbocycles. The first kappa shape index (κ1) is 13.9. The van der Waals surface area contributed by atoms with Gasteiger partial charge in [0.1, 0.15) is 32.3 Å². The SMILES string of the molecule is O/N=C(\C[N+]12CN3CN(CN(C3)C1)C2)c1ccc(I)cc1. The molecule has 1 aromatic rings. The van der Waals surface area contributed by atoms with Crippen molar-refractivity contribution in [2.45, 2.75) is 0 Å². The molecule has 0 unspecified atom stereocenters. The quantitative estimate of drug-likeness (QED) is 0.270. The molecule has 4 fully saturated rings. The normalized spacial score (nSPS) is 38.0. The van der Waals surface area contributed by atoms with Crippen molar-refractivity contribution in [2.75, 3.05) is 46.6 Å². The molecule has 1 N–H and O–H groups in total. The molecule has 4 bridgehead atoms. The maximum Gasteiger partial charge on any atom is 0.141 e. The van der Waals surface area contributed by atoms with Crippen LogP contribution in [0.4, 0.5) is 0 Å². The first-order chi connectivity index (χ1) is 10.2. The smallest absolute Gasteiger partial charge is 0.141 e. The zero-order valence-corrected chi connectivity index (χ0v) is 14.0. The van der Waals surface area contributed by atoms with Crippen molar-refractivity contribution in [2.24, 2.45) is 5.16 Å². The Bertz CT molecular complexity index is 538. The van der Waals surface area contributed by atoms with Crippen molar-refractivity contribution >= 4 is 28.3 Å². The summed E-state index contributed by atoms with van der Waals surface area (Å²) in [5.74, 6) is 0. The van der Waals surface area contributed by atoms with Crippen molar-refractivity contribution < 1.29 is 9.69 Å². The summed E-state index contributed by atoms with van der Waals surface area (Å²) in [4.78, 5) is 7.41. The van der Waals surface area contributed by atoms with Crippen molar-refractivity contribution in [1.82, 2.24) is 14.7 Å². The highest BCUT2D eigenvalue weighted by Gasteiger charge is 2.49. The number of oxime groups is 1. The van der Waals surface area contributed by atoms with E-state index < -0.39 is 0 Å². The van der Waals surface area contributed by atoms with Gasteiger partial charge in [-0.3, -0.25) is 4.48 Å². The zero-order valence-electron chi connectivity index (χ0n) is 11.8. The number of rotatable bonds is 3. The van der Waals surface area contributed by atoms with Gasteiger partial charge in [0.2, 0.25) is 0 Å². The van der Waals surface area contributed by atoms with E-state index in [0.717, 1.165) is 62.3 Å². The molecule has 21 heavy (non-hydrogen) atoms. The van der Waals surface area contributed by atoms with E-state index in [1.54, 1.807) is 0 Å². The van der Waals surface area contributed by atoms with Crippen LogP contribution >= 0.6 is 22.6 Å². The summed E-state index contributed by atoms with van der Waals surface area (Å²) in [5.41, 5.74) is 1.81. The minimum atomic E-state index is 0.778. The first-order valence-electron chi connectivity index (χ1n) is 7.15. The van der Waals surface area contributed by atoms with Crippen LogP contribution in [0.25, 0.3) is 0 Å². The Balaban J connectivity index is 1.58. The van der Waals surface area contributed by atoms with Crippen LogP contribution in [-0.4, -0.2) is 76.7 Å². The zero-order chi connectivity index (χ0) is 14.4. The minimum absolute atomic E-state index is 0.778. The summed E-state index contributed by atoms with van der Waals surface area (Å²) >= 11 is 2.29. The Kier molecular flexibility index (Phi) is 3.42. The molecule has 4 aliphatic rings. The Hall–Kier alpha value is -0.740. The molecule has 112 valence electrons. The number of halogens is 1. The van der Waals surface area contributed by atoms with Gasteiger partial charge in [-0.15, -0.1) is 0 Å². The molecule has 0 saturated carbocycles. The molecule has 4 saturated heterocycles. The molecule has 5 rings (SSSR count). The van der Waals surface area contributed by atoms with E-state index in [0.29, 0.717) is 0 Å². The average Bonchev–Trinajstić information content (AvgIpc) is 2.44. The predicted molar refractivity (Wildman–Crippen MR) is 87.3 cm³/mol. The molecule has 0 radical (unpaired) electrons. The summed E-state index contributed by atoms with van der Waals surface area (Å²) in [7, 11) is 0. The third-order valence-corrected chi connectivity index (χ3v) is 5.20.